The number of likely N-dealkylation sites (N-methyl/N-ethyl adjacent to an activating group) is 1. The standard InChI is InChI=1S/C54H66F2N4O9S3/c1-13-53(11,12)52(61)68-30-29-60(14-2)72(66,67)54(55,56)71(64,65)59-70(62,63)48-24-16-15-19-45(48)49-43-27-25-37(57-50-39(33(3)4)20-17-21-40(50)34(5)6)31-46(43)69-47-32-38(26-28-44(47)49)58-51-41(35(7)8)22-18-23-42(51)36(9)10/h15-28,31-36,57,59H,13-14,29-30H2,1-12H3. The minimum Gasteiger partial charge on any atom is -0.464 e. The van der Waals surface area contributed by atoms with Crippen molar-refractivity contribution in [2.75, 3.05) is 25.0 Å². The van der Waals surface area contributed by atoms with Crippen LogP contribution in [-0.2, 0) is 39.6 Å². The van der Waals surface area contributed by atoms with E-state index in [0.717, 1.165) is 43.8 Å². The van der Waals surface area contributed by atoms with Gasteiger partial charge in [0.25, 0.3) is 20.0 Å². The average molecular weight is 1050 g/mol. The number of esters is 1. The third kappa shape index (κ3) is 11.2. The van der Waals surface area contributed by atoms with E-state index in [0.29, 0.717) is 28.4 Å². The molecule has 18 heteroatoms. The van der Waals surface area contributed by atoms with Crippen molar-refractivity contribution in [2.45, 2.75) is 123 Å². The highest BCUT2D eigenvalue weighted by Crippen LogP contribution is 2.45. The molecule has 1 aliphatic heterocycles. The maximum atomic E-state index is 16.1. The Labute approximate surface area is 423 Å². The Bertz CT molecular complexity index is 3320. The number of ether oxygens (including phenoxy) is 1. The molecule has 0 amide bonds. The van der Waals surface area contributed by atoms with Crippen LogP contribution >= 0.6 is 0 Å². The second-order valence-electron chi connectivity index (χ2n) is 19.7. The van der Waals surface area contributed by atoms with Gasteiger partial charge in [0.1, 0.15) is 18.0 Å². The lowest BCUT2D eigenvalue weighted by molar-refractivity contribution is -0.154. The number of halogens is 2. The highest BCUT2D eigenvalue weighted by Gasteiger charge is 2.61. The summed E-state index contributed by atoms with van der Waals surface area (Å²) in [4.78, 5) is 16.9. The van der Waals surface area contributed by atoms with Crippen LogP contribution in [0.5, 0.6) is 0 Å². The molecule has 0 atom stereocenters. The first-order valence-electron chi connectivity index (χ1n) is 24.1. The summed E-state index contributed by atoms with van der Waals surface area (Å²) < 4.78 is 122. The number of alkyl halides is 2. The minimum absolute atomic E-state index is 0.103. The molecule has 0 bridgehead atoms. The van der Waals surface area contributed by atoms with Gasteiger partial charge in [-0.2, -0.15) is 13.1 Å². The van der Waals surface area contributed by atoms with Crippen molar-refractivity contribution < 1.29 is 48.0 Å². The molecule has 2 aliphatic rings. The molecule has 4 aromatic carbocycles. The van der Waals surface area contributed by atoms with Gasteiger partial charge < -0.3 is 14.5 Å². The summed E-state index contributed by atoms with van der Waals surface area (Å²) >= 11 is 0. The Hall–Kier alpha value is -5.53. The van der Waals surface area contributed by atoms with Gasteiger partial charge in [-0.15, -0.1) is 0 Å². The van der Waals surface area contributed by atoms with E-state index in [-0.39, 0.29) is 50.4 Å². The molecule has 0 radical (unpaired) electrons. The first-order valence-corrected chi connectivity index (χ1v) is 28.5. The molecule has 72 heavy (non-hydrogen) atoms. The van der Waals surface area contributed by atoms with E-state index in [4.69, 9.17) is 14.1 Å². The number of carbonyl (C=O) groups excluding carboxylic acids is 1. The SMILES string of the molecule is CCN(CCOC(=O)C(C)(C)CC)S(=O)(=O)C(F)(F)S(=O)(=O)NS(=O)(=O)c1ccccc1-c1c2ccc(=Nc3c(C(C)C)cccc3C(C)C)cc-2oc2cc(Nc3c(C(C)C)cccc3C(C)C)ccc12. The third-order valence-electron chi connectivity index (χ3n) is 12.9. The summed E-state index contributed by atoms with van der Waals surface area (Å²) in [6.45, 7) is 20.7. The van der Waals surface area contributed by atoms with Gasteiger partial charge in [-0.05, 0) is 96.5 Å². The molecule has 0 unspecified atom stereocenters. The Morgan fingerprint density at radius 1 is 0.722 bits per heavy atom. The molecule has 1 aliphatic carbocycles. The second kappa shape index (κ2) is 21.5. The van der Waals surface area contributed by atoms with E-state index < -0.39 is 70.6 Å². The zero-order valence-corrected chi connectivity index (χ0v) is 45.4. The van der Waals surface area contributed by atoms with Crippen LogP contribution in [0.4, 0.5) is 25.8 Å². The van der Waals surface area contributed by atoms with Crippen molar-refractivity contribution in [1.29, 1.82) is 0 Å². The van der Waals surface area contributed by atoms with Crippen LogP contribution in [0.3, 0.4) is 0 Å². The zero-order valence-electron chi connectivity index (χ0n) is 42.9. The van der Waals surface area contributed by atoms with E-state index in [9.17, 15) is 30.0 Å². The van der Waals surface area contributed by atoms with Gasteiger partial charge in [0.2, 0.25) is 0 Å². The molecule has 0 spiro atoms. The Balaban J connectivity index is 1.53. The lowest BCUT2D eigenvalue weighted by atomic mass is 9.91. The molecule has 388 valence electrons. The normalized spacial score (nSPS) is 13.4. The van der Waals surface area contributed by atoms with Crippen LogP contribution in [-0.4, -0.2) is 59.8 Å². The number of para-hydroxylation sites is 2. The number of carbonyl (C=O) groups is 1. The summed E-state index contributed by atoms with van der Waals surface area (Å²) in [6, 6.07) is 27.9. The Morgan fingerprint density at radius 2 is 1.29 bits per heavy atom. The van der Waals surface area contributed by atoms with Crippen LogP contribution < -0.4 is 14.8 Å². The van der Waals surface area contributed by atoms with E-state index in [1.807, 2.05) is 24.3 Å². The van der Waals surface area contributed by atoms with E-state index in [2.05, 4.69) is 72.8 Å². The summed E-state index contributed by atoms with van der Waals surface area (Å²) in [6.07, 6.45) is 0.364. The molecule has 0 fully saturated rings. The van der Waals surface area contributed by atoms with E-state index >= 15 is 8.78 Å². The van der Waals surface area contributed by atoms with Crippen LogP contribution in [0, 0.1) is 5.41 Å². The van der Waals surface area contributed by atoms with Crippen molar-refractivity contribution in [3.63, 3.8) is 0 Å². The molecule has 4 aromatic rings. The van der Waals surface area contributed by atoms with Gasteiger partial charge >= 0.3 is 20.6 Å². The van der Waals surface area contributed by atoms with Gasteiger partial charge in [0.05, 0.1) is 21.4 Å². The van der Waals surface area contributed by atoms with Gasteiger partial charge in [-0.25, -0.2) is 30.2 Å². The van der Waals surface area contributed by atoms with Crippen molar-refractivity contribution in [1.82, 2.24) is 8.43 Å². The maximum Gasteiger partial charge on any atom is 0.474 e. The van der Waals surface area contributed by atoms with Crippen molar-refractivity contribution in [3.05, 3.63) is 125 Å². The van der Waals surface area contributed by atoms with E-state index in [1.54, 1.807) is 57.2 Å². The van der Waals surface area contributed by atoms with Gasteiger partial charge in [-0.3, -0.25) is 4.79 Å². The fourth-order valence-electron chi connectivity index (χ4n) is 8.39. The lowest BCUT2D eigenvalue weighted by Gasteiger charge is -2.27. The second-order valence-corrected chi connectivity index (χ2v) is 25.6. The van der Waals surface area contributed by atoms with Crippen LogP contribution in [0.25, 0.3) is 33.4 Å². The van der Waals surface area contributed by atoms with Gasteiger partial charge in [0.15, 0.2) is 0 Å². The Morgan fingerprint density at radius 3 is 1.85 bits per heavy atom. The number of fused-ring (bicyclic) bond motifs is 2. The number of nitrogens with zero attached hydrogens (tertiary/aromatic N) is 2. The number of benzene rings is 5. The smallest absolute Gasteiger partial charge is 0.464 e. The number of nitrogens with one attached hydrogen (secondary N) is 2. The number of hydrogen-bond donors (Lipinski definition) is 2. The highest BCUT2D eigenvalue weighted by molar-refractivity contribution is 8.13. The molecule has 13 nitrogen and oxygen atoms in total. The average Bonchev–Trinajstić information content (AvgIpc) is 3.31. The first-order chi connectivity index (χ1) is 33.6. The number of hydrogen-bond acceptors (Lipinski definition) is 11. The predicted octanol–water partition coefficient (Wildman–Crippen LogP) is 12.5. The quantitative estimate of drug-likeness (QED) is 0.0551. The molecular weight excluding hydrogens is 983 g/mol. The topological polar surface area (TPSA) is 182 Å². The van der Waals surface area contributed by atoms with Crippen molar-refractivity contribution in [2.24, 2.45) is 10.4 Å². The largest absolute Gasteiger partial charge is 0.474 e. The summed E-state index contributed by atoms with van der Waals surface area (Å²) in [5, 5.41) is 4.51. The van der Waals surface area contributed by atoms with Crippen molar-refractivity contribution >= 4 is 64.1 Å². The van der Waals surface area contributed by atoms with Crippen LogP contribution in [0.15, 0.2) is 111 Å². The molecule has 0 saturated carbocycles. The molecule has 0 aromatic heterocycles. The molecule has 2 N–H and O–H groups in total. The summed E-state index contributed by atoms with van der Waals surface area (Å²) in [5.41, 5.74) is 6.47. The molecular formula is C54H66F2N4O9S3. The van der Waals surface area contributed by atoms with Gasteiger partial charge in [0, 0.05) is 58.7 Å². The maximum absolute atomic E-state index is 16.1. The molecule has 0 saturated heterocycles. The van der Waals surface area contributed by atoms with Crippen LogP contribution in [0.1, 0.15) is 135 Å². The fourth-order valence-corrected chi connectivity index (χ4v) is 13.7. The number of anilines is 2. The van der Waals surface area contributed by atoms with Crippen molar-refractivity contribution in [3.8, 4) is 22.5 Å². The summed E-state index contributed by atoms with van der Waals surface area (Å²) in [7, 11) is -18.3. The molecule has 1 heterocycles. The van der Waals surface area contributed by atoms with Crippen LogP contribution in [0.2, 0.25) is 0 Å². The zero-order chi connectivity index (χ0) is 53.3. The predicted molar refractivity (Wildman–Crippen MR) is 281 cm³/mol. The monoisotopic (exact) mass is 1050 g/mol. The lowest BCUT2D eigenvalue weighted by Crippen LogP contribution is -2.53. The number of sulfonamides is 3. The number of rotatable bonds is 20. The van der Waals surface area contributed by atoms with E-state index in [1.165, 1.54) is 25.1 Å². The highest BCUT2D eigenvalue weighted by atomic mass is 32.3. The Kier molecular flexibility index (Phi) is 16.7. The first kappa shape index (κ1) is 55.8. The molecule has 6 rings (SSSR count). The minimum atomic E-state index is -6.59. The summed E-state index contributed by atoms with van der Waals surface area (Å²) in [5.74, 6) is 0.169. The fraction of sp³-hybridized carbons (Fsp3) is 0.407. The third-order valence-corrected chi connectivity index (χ3v) is 19.2. The van der Waals surface area contributed by atoms with Gasteiger partial charge in [-0.1, -0.05) is 128 Å².